The third-order valence-electron chi connectivity index (χ3n) is 1.39. The van der Waals surface area contributed by atoms with E-state index in [1.807, 2.05) is 0 Å². The Morgan fingerprint density at radius 1 is 1.10 bits per heavy atom. The van der Waals surface area contributed by atoms with Gasteiger partial charge in [-0.1, -0.05) is 0 Å². The number of hydrogen-bond donors (Lipinski definition) is 0. The Kier molecular flexibility index (Phi) is 0.917. The molecule has 0 radical (unpaired) electrons. The first kappa shape index (κ1) is 5.29. The summed E-state index contributed by atoms with van der Waals surface area (Å²) in [5.74, 6) is -0.199. The van der Waals surface area contributed by atoms with Crippen LogP contribution in [0.4, 0.5) is 0 Å². The fourth-order valence-electron chi connectivity index (χ4n) is 0.906. The number of nitrogens with zero attached hydrogens (tertiary/aromatic N) is 2. The molecule has 3 heteroatoms. The van der Waals surface area contributed by atoms with Gasteiger partial charge in [-0.25, -0.2) is 4.99 Å². The van der Waals surface area contributed by atoms with Gasteiger partial charge in [0.2, 0.25) is 0 Å². The van der Waals surface area contributed by atoms with E-state index in [0.717, 1.165) is 5.70 Å². The van der Waals surface area contributed by atoms with E-state index in [9.17, 15) is 4.79 Å². The monoisotopic (exact) mass is 132 g/mol. The second-order valence-electron chi connectivity index (χ2n) is 1.99. The average Bonchev–Trinajstić information content (AvgIpc) is 2.36. The summed E-state index contributed by atoms with van der Waals surface area (Å²) in [6, 6.07) is 0. The Bertz CT molecular complexity index is 302. The molecule has 0 spiro atoms. The van der Waals surface area contributed by atoms with Crippen molar-refractivity contribution in [2.24, 2.45) is 9.98 Å². The zero-order valence-corrected chi connectivity index (χ0v) is 5.11. The summed E-state index contributed by atoms with van der Waals surface area (Å²) < 4.78 is 0. The van der Waals surface area contributed by atoms with Gasteiger partial charge in [0, 0.05) is 12.4 Å². The summed E-state index contributed by atoms with van der Waals surface area (Å²) in [7, 11) is 0. The van der Waals surface area contributed by atoms with Crippen LogP contribution in [-0.4, -0.2) is 18.3 Å². The molecule has 2 heterocycles. The minimum absolute atomic E-state index is 0.199. The molecule has 0 aromatic heterocycles. The molecule has 0 saturated heterocycles. The largest absolute Gasteiger partial charge is 0.279 e. The zero-order chi connectivity index (χ0) is 6.97. The molecule has 0 bridgehead atoms. The van der Waals surface area contributed by atoms with E-state index >= 15 is 0 Å². The van der Waals surface area contributed by atoms with Gasteiger partial charge < -0.3 is 0 Å². The molecule has 2 rings (SSSR count). The molecule has 0 N–H and O–H groups in total. The van der Waals surface area contributed by atoms with Crippen molar-refractivity contribution in [3.63, 3.8) is 0 Å². The van der Waals surface area contributed by atoms with Crippen LogP contribution in [0.15, 0.2) is 33.4 Å². The lowest BCUT2D eigenvalue weighted by molar-refractivity contribution is -0.114. The van der Waals surface area contributed by atoms with E-state index in [4.69, 9.17) is 0 Å². The van der Waals surface area contributed by atoms with Gasteiger partial charge in [-0.3, -0.25) is 9.79 Å². The standard InChI is InChI=1S/C7H4N2O/c10-7-5-1-3-8-6(5)2-4-9-7/h1-4H. The molecule has 0 unspecified atom stereocenters. The molecular formula is C7H4N2O. The van der Waals surface area contributed by atoms with E-state index in [1.165, 1.54) is 6.21 Å². The van der Waals surface area contributed by atoms with Crippen molar-refractivity contribution in [3.8, 4) is 0 Å². The van der Waals surface area contributed by atoms with E-state index < -0.39 is 0 Å². The zero-order valence-electron chi connectivity index (χ0n) is 5.11. The van der Waals surface area contributed by atoms with Crippen molar-refractivity contribution in [2.45, 2.75) is 0 Å². The lowest BCUT2D eigenvalue weighted by atomic mass is 10.1. The van der Waals surface area contributed by atoms with E-state index in [2.05, 4.69) is 9.98 Å². The molecule has 0 aromatic carbocycles. The highest BCUT2D eigenvalue weighted by atomic mass is 16.1. The lowest BCUT2D eigenvalue weighted by Crippen LogP contribution is -2.03. The van der Waals surface area contributed by atoms with E-state index in [0.29, 0.717) is 5.57 Å². The highest BCUT2D eigenvalue weighted by Crippen LogP contribution is 2.18. The summed E-state index contributed by atoms with van der Waals surface area (Å²) in [5.41, 5.74) is 1.32. The molecule has 3 nitrogen and oxygen atoms in total. The van der Waals surface area contributed by atoms with E-state index in [1.54, 1.807) is 18.4 Å². The van der Waals surface area contributed by atoms with Gasteiger partial charge in [0.15, 0.2) is 0 Å². The predicted molar refractivity (Wildman–Crippen MR) is 38.2 cm³/mol. The maximum absolute atomic E-state index is 10.9. The molecule has 2 aliphatic heterocycles. The molecule has 2 aliphatic rings. The van der Waals surface area contributed by atoms with Crippen molar-refractivity contribution in [1.29, 1.82) is 0 Å². The maximum atomic E-state index is 10.9. The second-order valence-corrected chi connectivity index (χ2v) is 1.99. The summed E-state index contributed by atoms with van der Waals surface area (Å²) in [5, 5.41) is 0. The SMILES string of the molecule is O=C1N=CC=C2N=CC=C12. The van der Waals surface area contributed by atoms with Crippen LogP contribution >= 0.6 is 0 Å². The Morgan fingerprint density at radius 2 is 1.90 bits per heavy atom. The number of dihydropyridines is 1. The van der Waals surface area contributed by atoms with Gasteiger partial charge in [-0.15, -0.1) is 0 Å². The second kappa shape index (κ2) is 1.73. The number of fused-ring (bicyclic) bond motifs is 1. The molecule has 1 amide bonds. The molecule has 48 valence electrons. The first-order valence-corrected chi connectivity index (χ1v) is 2.91. The topological polar surface area (TPSA) is 41.8 Å². The van der Waals surface area contributed by atoms with Crippen LogP contribution in [0, 0.1) is 0 Å². The third-order valence-corrected chi connectivity index (χ3v) is 1.39. The lowest BCUT2D eigenvalue weighted by Gasteiger charge is -2.00. The molecule has 0 saturated carbocycles. The number of rotatable bonds is 0. The Balaban J connectivity index is 2.54. The van der Waals surface area contributed by atoms with Crippen LogP contribution < -0.4 is 0 Å². The summed E-state index contributed by atoms with van der Waals surface area (Å²) in [4.78, 5) is 18.4. The smallest absolute Gasteiger partial charge is 0.267 e. The molecular weight excluding hydrogens is 128 g/mol. The predicted octanol–water partition coefficient (Wildman–Crippen LogP) is 0.492. The Morgan fingerprint density at radius 3 is 2.70 bits per heavy atom. The summed E-state index contributed by atoms with van der Waals surface area (Å²) >= 11 is 0. The number of allylic oxidation sites excluding steroid dienone is 2. The van der Waals surface area contributed by atoms with Gasteiger partial charge in [0.05, 0.1) is 11.3 Å². The summed E-state index contributed by atoms with van der Waals surface area (Å²) in [6.45, 7) is 0. The summed E-state index contributed by atoms with van der Waals surface area (Å²) in [6.07, 6.45) is 6.47. The molecule has 0 atom stereocenters. The van der Waals surface area contributed by atoms with Crippen LogP contribution in [0.2, 0.25) is 0 Å². The maximum Gasteiger partial charge on any atom is 0.279 e. The van der Waals surface area contributed by atoms with Crippen molar-refractivity contribution < 1.29 is 4.79 Å². The third kappa shape index (κ3) is 0.572. The minimum Gasteiger partial charge on any atom is -0.267 e. The van der Waals surface area contributed by atoms with Gasteiger partial charge in [-0.2, -0.15) is 0 Å². The van der Waals surface area contributed by atoms with Crippen LogP contribution in [0.25, 0.3) is 0 Å². The molecule has 0 aromatic rings. The van der Waals surface area contributed by atoms with Gasteiger partial charge in [0.1, 0.15) is 0 Å². The normalized spacial score (nSPS) is 20.6. The van der Waals surface area contributed by atoms with Crippen molar-refractivity contribution >= 4 is 18.3 Å². The van der Waals surface area contributed by atoms with Crippen molar-refractivity contribution in [2.75, 3.05) is 0 Å². The molecule has 10 heavy (non-hydrogen) atoms. The fourth-order valence-corrected chi connectivity index (χ4v) is 0.906. The first-order chi connectivity index (χ1) is 4.88. The van der Waals surface area contributed by atoms with Crippen LogP contribution in [0.1, 0.15) is 0 Å². The van der Waals surface area contributed by atoms with Gasteiger partial charge >= 0.3 is 0 Å². The number of carbonyl (C=O) groups is 1. The van der Waals surface area contributed by atoms with Crippen LogP contribution in [0.3, 0.4) is 0 Å². The quantitative estimate of drug-likeness (QED) is 0.473. The van der Waals surface area contributed by atoms with E-state index in [-0.39, 0.29) is 5.91 Å². The number of carbonyl (C=O) groups excluding carboxylic acids is 1. The van der Waals surface area contributed by atoms with Gasteiger partial charge in [-0.05, 0) is 12.2 Å². The Labute approximate surface area is 57.5 Å². The number of hydrogen-bond acceptors (Lipinski definition) is 2. The number of amides is 1. The van der Waals surface area contributed by atoms with Gasteiger partial charge in [0.25, 0.3) is 5.91 Å². The highest BCUT2D eigenvalue weighted by molar-refractivity contribution is 6.11. The fraction of sp³-hybridized carbons (Fsp3) is 0. The van der Waals surface area contributed by atoms with Crippen LogP contribution in [0.5, 0.6) is 0 Å². The van der Waals surface area contributed by atoms with Crippen LogP contribution in [-0.2, 0) is 4.79 Å². The highest BCUT2D eigenvalue weighted by Gasteiger charge is 2.17. The minimum atomic E-state index is -0.199. The average molecular weight is 132 g/mol. The first-order valence-electron chi connectivity index (χ1n) is 2.91. The Hall–Kier alpha value is -1.51. The van der Waals surface area contributed by atoms with Crippen molar-refractivity contribution in [1.82, 2.24) is 0 Å². The molecule has 0 aliphatic carbocycles. The number of aliphatic imine (C=N–C) groups is 2. The molecule has 0 fully saturated rings. The van der Waals surface area contributed by atoms with Crippen molar-refractivity contribution in [3.05, 3.63) is 23.4 Å².